The Balaban J connectivity index is 2.98. The molecule has 106 valence electrons. The van der Waals surface area contributed by atoms with E-state index in [1.54, 1.807) is 24.3 Å². The molecule has 0 fully saturated rings. The van der Waals surface area contributed by atoms with Crippen molar-refractivity contribution in [1.82, 2.24) is 5.32 Å². The van der Waals surface area contributed by atoms with E-state index in [0.717, 1.165) is 6.54 Å². The van der Waals surface area contributed by atoms with Crippen LogP contribution in [0.3, 0.4) is 0 Å². The summed E-state index contributed by atoms with van der Waals surface area (Å²) in [5.74, 6) is 0.346. The van der Waals surface area contributed by atoms with Crippen molar-refractivity contribution in [3.05, 3.63) is 29.8 Å². The second kappa shape index (κ2) is 7.74. The van der Waals surface area contributed by atoms with Crippen molar-refractivity contribution in [2.24, 2.45) is 0 Å². The van der Waals surface area contributed by atoms with Crippen LogP contribution in [-0.4, -0.2) is 26.3 Å². The Morgan fingerprint density at radius 2 is 2.11 bits per heavy atom. The average molecular weight is 271 g/mol. The molecule has 0 aromatic heterocycles. The van der Waals surface area contributed by atoms with Crippen LogP contribution >= 0.6 is 0 Å². The summed E-state index contributed by atoms with van der Waals surface area (Å²) in [5.41, 5.74) is 0.560. The molecular formula is C14H19F2NO2. The third-order valence-corrected chi connectivity index (χ3v) is 2.53. The molecule has 1 atom stereocenters. The molecule has 1 aromatic carbocycles. The molecule has 0 bridgehead atoms. The minimum absolute atomic E-state index is 0.0555. The Morgan fingerprint density at radius 1 is 1.37 bits per heavy atom. The lowest BCUT2D eigenvalue weighted by Crippen LogP contribution is -2.22. The van der Waals surface area contributed by atoms with Crippen molar-refractivity contribution in [3.63, 3.8) is 0 Å². The third-order valence-electron chi connectivity index (χ3n) is 2.53. The summed E-state index contributed by atoms with van der Waals surface area (Å²) in [6.45, 7) is 1.94. The van der Waals surface area contributed by atoms with Gasteiger partial charge in [-0.25, -0.2) is 0 Å². The van der Waals surface area contributed by atoms with Gasteiger partial charge in [-0.05, 0) is 19.5 Å². The van der Waals surface area contributed by atoms with Crippen LogP contribution in [0.25, 0.3) is 6.08 Å². The van der Waals surface area contributed by atoms with Gasteiger partial charge in [0.2, 0.25) is 0 Å². The highest BCUT2D eigenvalue weighted by Gasteiger charge is 2.13. The zero-order valence-corrected chi connectivity index (χ0v) is 11.3. The number of methoxy groups -OCH3 is 1. The van der Waals surface area contributed by atoms with E-state index in [4.69, 9.17) is 4.74 Å². The van der Waals surface area contributed by atoms with Gasteiger partial charge in [-0.15, -0.1) is 0 Å². The number of nitrogens with one attached hydrogen (secondary N) is 1. The van der Waals surface area contributed by atoms with Gasteiger partial charge in [0.15, 0.2) is 11.5 Å². The minimum atomic E-state index is -2.88. The largest absolute Gasteiger partial charge is 0.493 e. The van der Waals surface area contributed by atoms with Crippen LogP contribution in [0.5, 0.6) is 11.5 Å². The molecule has 0 spiro atoms. The maximum Gasteiger partial charge on any atom is 0.387 e. The Kier molecular flexibility index (Phi) is 6.29. The molecule has 0 amide bonds. The Labute approximate surface area is 112 Å². The molecule has 0 saturated heterocycles. The van der Waals surface area contributed by atoms with E-state index in [0.29, 0.717) is 11.3 Å². The standard InChI is InChI=1S/C14H19F2NO2/c1-4-17-10(2)8-9-11-6-5-7-12(18-3)13(11)19-14(15)16/h5-10,14,17H,4H2,1-3H3/b9-8+. The van der Waals surface area contributed by atoms with Crippen LogP contribution < -0.4 is 14.8 Å². The number of benzene rings is 1. The first-order valence-corrected chi connectivity index (χ1v) is 6.11. The van der Waals surface area contributed by atoms with Crippen LogP contribution in [0, 0.1) is 0 Å². The van der Waals surface area contributed by atoms with Gasteiger partial charge >= 0.3 is 6.61 Å². The second-order valence-electron chi connectivity index (χ2n) is 3.96. The van der Waals surface area contributed by atoms with Crippen LogP contribution in [0.1, 0.15) is 19.4 Å². The van der Waals surface area contributed by atoms with Gasteiger partial charge in [0.25, 0.3) is 0 Å². The third kappa shape index (κ3) is 4.87. The lowest BCUT2D eigenvalue weighted by molar-refractivity contribution is -0.0513. The van der Waals surface area contributed by atoms with Gasteiger partial charge < -0.3 is 14.8 Å². The van der Waals surface area contributed by atoms with E-state index in [2.05, 4.69) is 10.1 Å². The number of rotatable bonds is 7. The summed E-state index contributed by atoms with van der Waals surface area (Å²) < 4.78 is 34.4. The molecule has 1 aromatic rings. The quantitative estimate of drug-likeness (QED) is 0.825. The molecule has 1 unspecified atom stereocenters. The van der Waals surface area contributed by atoms with Crippen molar-refractivity contribution in [3.8, 4) is 11.5 Å². The maximum absolute atomic E-state index is 12.4. The molecule has 19 heavy (non-hydrogen) atoms. The molecule has 0 aliphatic carbocycles. The molecule has 0 saturated carbocycles. The number of ether oxygens (including phenoxy) is 2. The Bertz CT molecular complexity index is 422. The van der Waals surface area contributed by atoms with E-state index in [9.17, 15) is 8.78 Å². The highest BCUT2D eigenvalue weighted by atomic mass is 19.3. The summed E-state index contributed by atoms with van der Waals surface area (Å²) in [7, 11) is 1.42. The van der Waals surface area contributed by atoms with Crippen molar-refractivity contribution in [1.29, 1.82) is 0 Å². The molecule has 0 heterocycles. The SMILES string of the molecule is CCNC(C)/C=C/c1cccc(OC)c1OC(F)F. The number of likely N-dealkylation sites (N-methyl/N-ethyl adjacent to an activating group) is 1. The predicted octanol–water partition coefficient (Wildman–Crippen LogP) is 3.31. The highest BCUT2D eigenvalue weighted by Crippen LogP contribution is 2.33. The van der Waals surface area contributed by atoms with Crippen LogP contribution in [0.4, 0.5) is 8.78 Å². The lowest BCUT2D eigenvalue weighted by atomic mass is 10.1. The first-order chi connectivity index (χ1) is 9.08. The van der Waals surface area contributed by atoms with E-state index in [1.165, 1.54) is 7.11 Å². The normalized spacial score (nSPS) is 12.9. The molecule has 5 heteroatoms. The fourth-order valence-electron chi connectivity index (χ4n) is 1.68. The zero-order chi connectivity index (χ0) is 14.3. The summed E-state index contributed by atoms with van der Waals surface area (Å²) in [5, 5.41) is 3.20. The molecule has 0 radical (unpaired) electrons. The van der Waals surface area contributed by atoms with Crippen LogP contribution in [-0.2, 0) is 0 Å². The number of halogens is 2. The van der Waals surface area contributed by atoms with Crippen molar-refractivity contribution in [2.75, 3.05) is 13.7 Å². The van der Waals surface area contributed by atoms with Gasteiger partial charge in [-0.2, -0.15) is 8.78 Å². The molecule has 0 aliphatic rings. The number of hydrogen-bond acceptors (Lipinski definition) is 3. The lowest BCUT2D eigenvalue weighted by Gasteiger charge is -2.13. The molecule has 0 aliphatic heterocycles. The van der Waals surface area contributed by atoms with Crippen LogP contribution in [0.15, 0.2) is 24.3 Å². The second-order valence-corrected chi connectivity index (χ2v) is 3.96. The summed E-state index contributed by atoms with van der Waals surface area (Å²) >= 11 is 0. The minimum Gasteiger partial charge on any atom is -0.493 e. The fourth-order valence-corrected chi connectivity index (χ4v) is 1.68. The number of alkyl halides is 2. The molecule has 3 nitrogen and oxygen atoms in total. The maximum atomic E-state index is 12.4. The van der Waals surface area contributed by atoms with Gasteiger partial charge in [-0.1, -0.05) is 31.2 Å². The van der Waals surface area contributed by atoms with E-state index < -0.39 is 6.61 Å². The first kappa shape index (κ1) is 15.4. The molecular weight excluding hydrogens is 252 g/mol. The van der Waals surface area contributed by atoms with Crippen molar-refractivity contribution in [2.45, 2.75) is 26.5 Å². The Hall–Kier alpha value is -1.62. The highest BCUT2D eigenvalue weighted by molar-refractivity contribution is 5.62. The van der Waals surface area contributed by atoms with E-state index >= 15 is 0 Å². The smallest absolute Gasteiger partial charge is 0.387 e. The molecule has 1 rings (SSSR count). The van der Waals surface area contributed by atoms with Gasteiger partial charge in [0, 0.05) is 11.6 Å². The van der Waals surface area contributed by atoms with E-state index in [-0.39, 0.29) is 11.8 Å². The molecule has 1 N–H and O–H groups in total. The summed E-state index contributed by atoms with van der Waals surface area (Å²) in [4.78, 5) is 0. The topological polar surface area (TPSA) is 30.5 Å². The average Bonchev–Trinajstić information content (AvgIpc) is 2.37. The first-order valence-electron chi connectivity index (χ1n) is 6.11. The monoisotopic (exact) mass is 271 g/mol. The number of para-hydroxylation sites is 1. The zero-order valence-electron chi connectivity index (χ0n) is 11.3. The van der Waals surface area contributed by atoms with E-state index in [1.807, 2.05) is 19.9 Å². The van der Waals surface area contributed by atoms with Crippen molar-refractivity contribution < 1.29 is 18.3 Å². The summed E-state index contributed by atoms with van der Waals surface area (Å²) in [6, 6.07) is 5.17. The Morgan fingerprint density at radius 3 is 2.68 bits per heavy atom. The number of hydrogen-bond donors (Lipinski definition) is 1. The van der Waals surface area contributed by atoms with Crippen LogP contribution in [0.2, 0.25) is 0 Å². The predicted molar refractivity (Wildman–Crippen MR) is 71.8 cm³/mol. The summed E-state index contributed by atoms with van der Waals surface area (Å²) in [6.07, 6.45) is 3.63. The van der Waals surface area contributed by atoms with Gasteiger partial charge in [-0.3, -0.25) is 0 Å². The van der Waals surface area contributed by atoms with Gasteiger partial charge in [0.1, 0.15) is 0 Å². The van der Waals surface area contributed by atoms with Crippen molar-refractivity contribution >= 4 is 6.08 Å². The fraction of sp³-hybridized carbons (Fsp3) is 0.429. The van der Waals surface area contributed by atoms with Gasteiger partial charge in [0.05, 0.1) is 7.11 Å².